The second-order valence-corrected chi connectivity index (χ2v) is 5.61. The Morgan fingerprint density at radius 2 is 1.95 bits per heavy atom. The minimum atomic E-state index is -4.37. The molecule has 0 aliphatic rings. The number of nitrogens with one attached hydrogen (secondary N) is 1. The molecule has 4 nitrogen and oxygen atoms in total. The third-order valence-corrected chi connectivity index (χ3v) is 3.98. The van der Waals surface area contributed by atoms with Crippen LogP contribution in [0.1, 0.15) is 31.2 Å². The largest absolute Gasteiger partial charge is 0.416 e. The highest BCUT2D eigenvalue weighted by atomic mass is 32.2. The molecule has 0 saturated carbocycles. The summed E-state index contributed by atoms with van der Waals surface area (Å²) in [5.41, 5.74) is 7.08. The number of alkyl halides is 3. The number of unbranched alkanes of at least 4 members (excludes halogenated alkanes) is 2. The molecule has 1 amide bonds. The van der Waals surface area contributed by atoms with Gasteiger partial charge >= 0.3 is 6.18 Å². The molecule has 0 atom stereocenters. The van der Waals surface area contributed by atoms with Crippen molar-refractivity contribution in [3.63, 3.8) is 0 Å². The smallest absolute Gasteiger partial charge is 0.398 e. The molecule has 0 spiro atoms. The highest BCUT2D eigenvalue weighted by Gasteiger charge is 2.30. The van der Waals surface area contributed by atoms with Crippen LogP contribution in [0.3, 0.4) is 0 Å². The molecule has 5 N–H and O–H groups in total. The lowest BCUT2D eigenvalue weighted by molar-refractivity contribution is -0.137. The first-order chi connectivity index (χ1) is 9.84. The van der Waals surface area contributed by atoms with Crippen LogP contribution in [-0.2, 0) is 11.0 Å². The first-order valence-corrected chi connectivity index (χ1v) is 7.42. The zero-order valence-corrected chi connectivity index (χ0v) is 12.2. The number of thioether (sulfide) groups is 1. The summed E-state index contributed by atoms with van der Waals surface area (Å²) in [6.07, 6.45) is -1.57. The molecule has 0 radical (unpaired) electrons. The first kappa shape index (κ1) is 17.6. The number of benzene rings is 1. The number of rotatable bonds is 7. The molecule has 0 saturated heterocycles. The summed E-state index contributed by atoms with van der Waals surface area (Å²) in [5.74, 6) is 5.49. The number of carbonyl (C=O) groups is 1. The zero-order chi connectivity index (χ0) is 15.9. The third-order valence-electron chi connectivity index (χ3n) is 2.80. The molecule has 1 aromatic carbocycles. The van der Waals surface area contributed by atoms with Crippen LogP contribution in [0.5, 0.6) is 0 Å². The third kappa shape index (κ3) is 6.26. The number of hydrogen-bond donors (Lipinski definition) is 3. The van der Waals surface area contributed by atoms with E-state index in [1.165, 1.54) is 17.8 Å². The van der Waals surface area contributed by atoms with Gasteiger partial charge in [0.2, 0.25) is 5.91 Å². The number of halogens is 3. The summed E-state index contributed by atoms with van der Waals surface area (Å²) in [6, 6.07) is 3.38. The molecule has 0 aliphatic heterocycles. The first-order valence-electron chi connectivity index (χ1n) is 6.43. The Morgan fingerprint density at radius 1 is 1.24 bits per heavy atom. The number of amides is 1. The van der Waals surface area contributed by atoms with Crippen molar-refractivity contribution in [2.24, 2.45) is 5.84 Å². The SMILES string of the molecule is NNC(=O)CCCCCSc1ccc(C(F)(F)F)cc1N. The van der Waals surface area contributed by atoms with E-state index in [0.717, 1.165) is 37.1 Å². The fourth-order valence-electron chi connectivity index (χ4n) is 1.67. The fourth-order valence-corrected chi connectivity index (χ4v) is 2.63. The van der Waals surface area contributed by atoms with Gasteiger partial charge in [0.1, 0.15) is 0 Å². The van der Waals surface area contributed by atoms with Gasteiger partial charge in [-0.05, 0) is 36.8 Å². The normalized spacial score (nSPS) is 11.4. The number of hydrazine groups is 1. The second-order valence-electron chi connectivity index (χ2n) is 4.48. The van der Waals surface area contributed by atoms with E-state index in [1.54, 1.807) is 0 Å². The molecule has 0 fully saturated rings. The van der Waals surface area contributed by atoms with Crippen molar-refractivity contribution in [2.45, 2.75) is 36.8 Å². The van der Waals surface area contributed by atoms with Gasteiger partial charge in [-0.3, -0.25) is 10.2 Å². The second kappa shape index (κ2) is 8.14. The van der Waals surface area contributed by atoms with E-state index in [0.29, 0.717) is 11.3 Å². The zero-order valence-electron chi connectivity index (χ0n) is 11.4. The predicted octanol–water partition coefficient (Wildman–Crippen LogP) is 2.93. The van der Waals surface area contributed by atoms with E-state index < -0.39 is 11.7 Å². The van der Waals surface area contributed by atoms with Crippen LogP contribution in [-0.4, -0.2) is 11.7 Å². The molecular formula is C13H18F3N3OS. The van der Waals surface area contributed by atoms with Gasteiger partial charge in [-0.2, -0.15) is 13.2 Å². The molecular weight excluding hydrogens is 303 g/mol. The topological polar surface area (TPSA) is 81.1 Å². The van der Waals surface area contributed by atoms with Crippen molar-refractivity contribution >= 4 is 23.4 Å². The minimum absolute atomic E-state index is 0.136. The Labute approximate surface area is 125 Å². The monoisotopic (exact) mass is 321 g/mol. The van der Waals surface area contributed by atoms with Gasteiger partial charge < -0.3 is 5.73 Å². The maximum absolute atomic E-state index is 12.5. The Morgan fingerprint density at radius 3 is 2.52 bits per heavy atom. The van der Waals surface area contributed by atoms with Gasteiger partial charge in [0.25, 0.3) is 0 Å². The molecule has 1 aromatic rings. The number of carbonyl (C=O) groups excluding carboxylic acids is 1. The summed E-state index contributed by atoms with van der Waals surface area (Å²) >= 11 is 1.41. The van der Waals surface area contributed by atoms with Crippen molar-refractivity contribution in [3.05, 3.63) is 23.8 Å². The van der Waals surface area contributed by atoms with E-state index in [2.05, 4.69) is 5.43 Å². The average molecular weight is 321 g/mol. The van der Waals surface area contributed by atoms with Crippen LogP contribution >= 0.6 is 11.8 Å². The molecule has 1 rings (SSSR count). The van der Waals surface area contributed by atoms with Gasteiger partial charge in [-0.1, -0.05) is 6.42 Å². The van der Waals surface area contributed by atoms with E-state index in [1.807, 2.05) is 0 Å². The van der Waals surface area contributed by atoms with Gasteiger partial charge in [-0.15, -0.1) is 11.8 Å². The Balaban J connectivity index is 2.34. The summed E-state index contributed by atoms with van der Waals surface area (Å²) in [6.45, 7) is 0. The molecule has 118 valence electrons. The standard InChI is InChI=1S/C13H18F3N3OS/c14-13(15,16)9-5-6-11(10(17)8-9)21-7-3-1-2-4-12(20)19-18/h5-6,8H,1-4,7,17-18H2,(H,19,20). The van der Waals surface area contributed by atoms with E-state index >= 15 is 0 Å². The van der Waals surface area contributed by atoms with Crippen LogP contribution < -0.4 is 17.0 Å². The van der Waals surface area contributed by atoms with Crippen LogP contribution in [0.25, 0.3) is 0 Å². The molecule has 0 bridgehead atoms. The van der Waals surface area contributed by atoms with Crippen LogP contribution in [0.15, 0.2) is 23.1 Å². The Bertz CT molecular complexity index is 480. The number of nitrogens with two attached hydrogens (primary N) is 2. The number of nitrogen functional groups attached to an aromatic ring is 1. The van der Waals surface area contributed by atoms with Crippen molar-refractivity contribution in [3.8, 4) is 0 Å². The van der Waals surface area contributed by atoms with Crippen molar-refractivity contribution in [2.75, 3.05) is 11.5 Å². The van der Waals surface area contributed by atoms with Crippen molar-refractivity contribution in [1.29, 1.82) is 0 Å². The average Bonchev–Trinajstić information content (AvgIpc) is 2.42. The minimum Gasteiger partial charge on any atom is -0.398 e. The van der Waals surface area contributed by atoms with Gasteiger partial charge in [0, 0.05) is 17.0 Å². The number of hydrogen-bond acceptors (Lipinski definition) is 4. The van der Waals surface area contributed by atoms with Crippen molar-refractivity contribution in [1.82, 2.24) is 5.43 Å². The molecule has 21 heavy (non-hydrogen) atoms. The summed E-state index contributed by atoms with van der Waals surface area (Å²) in [5, 5.41) is 0. The number of anilines is 1. The molecule has 8 heteroatoms. The Kier molecular flexibility index (Phi) is 6.83. The molecule has 0 aromatic heterocycles. The lowest BCUT2D eigenvalue weighted by atomic mass is 10.2. The summed E-state index contributed by atoms with van der Waals surface area (Å²) in [7, 11) is 0. The van der Waals surface area contributed by atoms with Gasteiger partial charge in [0.05, 0.1) is 5.56 Å². The molecule has 0 heterocycles. The van der Waals surface area contributed by atoms with Crippen LogP contribution in [0.2, 0.25) is 0 Å². The van der Waals surface area contributed by atoms with Gasteiger partial charge in [-0.25, -0.2) is 5.84 Å². The van der Waals surface area contributed by atoms with Crippen molar-refractivity contribution < 1.29 is 18.0 Å². The van der Waals surface area contributed by atoms with E-state index in [4.69, 9.17) is 11.6 Å². The predicted molar refractivity (Wildman–Crippen MR) is 77.4 cm³/mol. The quantitative estimate of drug-likeness (QED) is 0.180. The lowest BCUT2D eigenvalue weighted by Gasteiger charge is -2.10. The highest BCUT2D eigenvalue weighted by Crippen LogP contribution is 2.34. The summed E-state index contributed by atoms with van der Waals surface area (Å²) in [4.78, 5) is 11.5. The van der Waals surface area contributed by atoms with Gasteiger partial charge in [0.15, 0.2) is 0 Å². The highest BCUT2D eigenvalue weighted by molar-refractivity contribution is 7.99. The van der Waals surface area contributed by atoms with Crippen LogP contribution in [0, 0.1) is 0 Å². The van der Waals surface area contributed by atoms with E-state index in [-0.39, 0.29) is 11.6 Å². The van der Waals surface area contributed by atoms with E-state index in [9.17, 15) is 18.0 Å². The summed E-state index contributed by atoms with van der Waals surface area (Å²) < 4.78 is 37.4. The Hall–Kier alpha value is -1.41. The lowest BCUT2D eigenvalue weighted by Crippen LogP contribution is -2.29. The maximum Gasteiger partial charge on any atom is 0.416 e. The fraction of sp³-hybridized carbons (Fsp3) is 0.462. The van der Waals surface area contributed by atoms with Crippen LogP contribution in [0.4, 0.5) is 18.9 Å². The molecule has 0 unspecified atom stereocenters. The maximum atomic E-state index is 12.5. The molecule has 0 aliphatic carbocycles.